The zero-order chi connectivity index (χ0) is 18.5. The average molecular weight is 355 g/mol. The molecule has 1 fully saturated rings. The molecule has 2 aromatic rings. The van der Waals surface area contributed by atoms with E-state index < -0.39 is 0 Å². The summed E-state index contributed by atoms with van der Waals surface area (Å²) in [5.41, 5.74) is 4.55. The number of likely N-dealkylation sites (tertiary alicyclic amines) is 1. The molecule has 0 aromatic carbocycles. The lowest BCUT2D eigenvalue weighted by Gasteiger charge is -2.26. The van der Waals surface area contributed by atoms with Crippen LogP contribution in [0.15, 0.2) is 24.5 Å². The minimum absolute atomic E-state index is 0.0529. The molecule has 2 aromatic heterocycles. The molecule has 1 aliphatic heterocycles. The maximum Gasteiger partial charge on any atom is 0.242 e. The van der Waals surface area contributed by atoms with Crippen LogP contribution in [0.4, 0.5) is 0 Å². The van der Waals surface area contributed by atoms with Crippen LogP contribution in [0, 0.1) is 13.8 Å². The Balaban J connectivity index is 1.65. The standard InChI is InChI=1S/C20H29N5O/c1-4-18-15(2)23-25(16(18)3)13-10-22-20(26)19(24-11-5-6-12-24)17-8-7-9-21-14-17/h7-9,14,19H,4-6,10-13H2,1-3H3,(H,22,26). The van der Waals surface area contributed by atoms with Crippen LogP contribution >= 0.6 is 0 Å². The number of aromatic nitrogens is 3. The van der Waals surface area contributed by atoms with E-state index in [9.17, 15) is 4.79 Å². The normalized spacial score (nSPS) is 16.0. The van der Waals surface area contributed by atoms with Crippen molar-refractivity contribution in [2.24, 2.45) is 0 Å². The third-order valence-corrected chi connectivity index (χ3v) is 5.26. The Hall–Kier alpha value is -2.21. The number of amides is 1. The van der Waals surface area contributed by atoms with Gasteiger partial charge in [0, 0.05) is 24.6 Å². The molecule has 140 valence electrons. The topological polar surface area (TPSA) is 63.1 Å². The van der Waals surface area contributed by atoms with Crippen molar-refractivity contribution in [2.75, 3.05) is 19.6 Å². The van der Waals surface area contributed by atoms with E-state index in [0.717, 1.165) is 43.6 Å². The second-order valence-corrected chi connectivity index (χ2v) is 6.95. The van der Waals surface area contributed by atoms with Crippen LogP contribution in [0.3, 0.4) is 0 Å². The Morgan fingerprint density at radius 2 is 2.08 bits per heavy atom. The maximum atomic E-state index is 12.9. The second-order valence-electron chi connectivity index (χ2n) is 6.95. The van der Waals surface area contributed by atoms with Gasteiger partial charge < -0.3 is 5.32 Å². The number of pyridine rings is 1. The molecule has 6 heteroatoms. The summed E-state index contributed by atoms with van der Waals surface area (Å²) in [4.78, 5) is 19.4. The van der Waals surface area contributed by atoms with Gasteiger partial charge in [-0.3, -0.25) is 19.4 Å². The fraction of sp³-hybridized carbons (Fsp3) is 0.550. The van der Waals surface area contributed by atoms with Crippen molar-refractivity contribution >= 4 is 5.91 Å². The van der Waals surface area contributed by atoms with Crippen molar-refractivity contribution in [3.05, 3.63) is 47.0 Å². The first-order valence-electron chi connectivity index (χ1n) is 9.56. The molecule has 1 saturated heterocycles. The number of nitrogens with one attached hydrogen (secondary N) is 1. The van der Waals surface area contributed by atoms with E-state index in [1.54, 1.807) is 12.4 Å². The van der Waals surface area contributed by atoms with Crippen molar-refractivity contribution in [2.45, 2.75) is 52.6 Å². The van der Waals surface area contributed by atoms with Crippen LogP contribution in [0.2, 0.25) is 0 Å². The number of carbonyl (C=O) groups is 1. The first kappa shape index (κ1) is 18.6. The van der Waals surface area contributed by atoms with Gasteiger partial charge >= 0.3 is 0 Å². The van der Waals surface area contributed by atoms with Crippen LogP contribution in [0.5, 0.6) is 0 Å². The highest BCUT2D eigenvalue weighted by Gasteiger charge is 2.29. The highest BCUT2D eigenvalue weighted by atomic mass is 16.2. The van der Waals surface area contributed by atoms with Gasteiger partial charge in [-0.25, -0.2) is 0 Å². The number of nitrogens with zero attached hydrogens (tertiary/aromatic N) is 4. The molecule has 6 nitrogen and oxygen atoms in total. The van der Waals surface area contributed by atoms with E-state index in [-0.39, 0.29) is 11.9 Å². The third kappa shape index (κ3) is 3.96. The Morgan fingerprint density at radius 1 is 1.31 bits per heavy atom. The largest absolute Gasteiger partial charge is 0.353 e. The molecule has 0 spiro atoms. The Labute approximate surface area is 155 Å². The lowest BCUT2D eigenvalue weighted by Crippen LogP contribution is -2.40. The summed E-state index contributed by atoms with van der Waals surface area (Å²) in [7, 11) is 0. The number of carbonyl (C=O) groups excluding carboxylic acids is 1. The van der Waals surface area contributed by atoms with E-state index in [4.69, 9.17) is 0 Å². The van der Waals surface area contributed by atoms with Gasteiger partial charge in [-0.2, -0.15) is 5.10 Å². The summed E-state index contributed by atoms with van der Waals surface area (Å²) >= 11 is 0. The average Bonchev–Trinajstić information content (AvgIpc) is 3.25. The fourth-order valence-electron chi connectivity index (χ4n) is 3.91. The Kier molecular flexibility index (Phi) is 6.04. The van der Waals surface area contributed by atoms with E-state index >= 15 is 0 Å². The van der Waals surface area contributed by atoms with Crippen molar-refractivity contribution in [3.63, 3.8) is 0 Å². The summed E-state index contributed by atoms with van der Waals surface area (Å²) in [6.45, 7) is 9.50. The van der Waals surface area contributed by atoms with Gasteiger partial charge in [0.2, 0.25) is 5.91 Å². The quantitative estimate of drug-likeness (QED) is 0.828. The summed E-state index contributed by atoms with van der Waals surface area (Å²) in [6.07, 6.45) is 6.83. The molecule has 1 N–H and O–H groups in total. The van der Waals surface area contributed by atoms with E-state index in [1.165, 1.54) is 11.3 Å². The predicted octanol–water partition coefficient (Wildman–Crippen LogP) is 2.41. The van der Waals surface area contributed by atoms with Crippen LogP contribution < -0.4 is 5.32 Å². The molecular formula is C20H29N5O. The van der Waals surface area contributed by atoms with Gasteiger partial charge in [0.25, 0.3) is 0 Å². The van der Waals surface area contributed by atoms with Crippen molar-refractivity contribution in [3.8, 4) is 0 Å². The van der Waals surface area contributed by atoms with E-state index in [1.807, 2.05) is 23.7 Å². The fourth-order valence-corrected chi connectivity index (χ4v) is 3.91. The molecule has 0 saturated carbocycles. The van der Waals surface area contributed by atoms with Gasteiger partial charge in [-0.05, 0) is 63.4 Å². The van der Waals surface area contributed by atoms with E-state index in [0.29, 0.717) is 13.1 Å². The highest BCUT2D eigenvalue weighted by molar-refractivity contribution is 5.83. The number of rotatable bonds is 7. The van der Waals surface area contributed by atoms with Crippen LogP contribution in [-0.2, 0) is 17.8 Å². The van der Waals surface area contributed by atoms with Crippen LogP contribution in [-0.4, -0.2) is 45.2 Å². The zero-order valence-corrected chi connectivity index (χ0v) is 16.0. The van der Waals surface area contributed by atoms with E-state index in [2.05, 4.69) is 34.1 Å². The number of hydrogen-bond acceptors (Lipinski definition) is 4. The van der Waals surface area contributed by atoms with Gasteiger partial charge in [-0.15, -0.1) is 0 Å². The Bertz CT molecular complexity index is 734. The lowest BCUT2D eigenvalue weighted by atomic mass is 10.1. The van der Waals surface area contributed by atoms with Crippen LogP contribution in [0.25, 0.3) is 0 Å². The minimum atomic E-state index is -0.252. The molecular weight excluding hydrogens is 326 g/mol. The number of aryl methyl sites for hydroxylation is 1. The molecule has 1 unspecified atom stereocenters. The monoisotopic (exact) mass is 355 g/mol. The molecule has 0 radical (unpaired) electrons. The Morgan fingerprint density at radius 3 is 2.69 bits per heavy atom. The first-order valence-corrected chi connectivity index (χ1v) is 9.56. The SMILES string of the molecule is CCc1c(C)nn(CCNC(=O)C(c2cccnc2)N2CCCC2)c1C. The summed E-state index contributed by atoms with van der Waals surface area (Å²) in [5.74, 6) is 0.0529. The van der Waals surface area contributed by atoms with Gasteiger partial charge in [0.1, 0.15) is 6.04 Å². The maximum absolute atomic E-state index is 12.9. The second kappa shape index (κ2) is 8.45. The van der Waals surface area contributed by atoms with Gasteiger partial charge in [-0.1, -0.05) is 13.0 Å². The molecule has 0 bridgehead atoms. The summed E-state index contributed by atoms with van der Waals surface area (Å²) in [6, 6.07) is 3.63. The minimum Gasteiger partial charge on any atom is -0.353 e. The number of hydrogen-bond donors (Lipinski definition) is 1. The lowest BCUT2D eigenvalue weighted by molar-refractivity contribution is -0.126. The molecule has 3 rings (SSSR count). The van der Waals surface area contributed by atoms with Crippen molar-refractivity contribution in [1.29, 1.82) is 0 Å². The van der Waals surface area contributed by atoms with Crippen molar-refractivity contribution in [1.82, 2.24) is 25.0 Å². The highest BCUT2D eigenvalue weighted by Crippen LogP contribution is 2.24. The summed E-state index contributed by atoms with van der Waals surface area (Å²) < 4.78 is 2.00. The van der Waals surface area contributed by atoms with Crippen LogP contribution in [0.1, 0.15) is 48.3 Å². The molecule has 1 atom stereocenters. The third-order valence-electron chi connectivity index (χ3n) is 5.26. The predicted molar refractivity (Wildman–Crippen MR) is 102 cm³/mol. The molecule has 1 aliphatic rings. The smallest absolute Gasteiger partial charge is 0.242 e. The van der Waals surface area contributed by atoms with Gasteiger partial charge in [0.05, 0.1) is 12.2 Å². The summed E-state index contributed by atoms with van der Waals surface area (Å²) in [5, 5.41) is 7.71. The van der Waals surface area contributed by atoms with Crippen molar-refractivity contribution < 1.29 is 4.79 Å². The molecule has 0 aliphatic carbocycles. The zero-order valence-electron chi connectivity index (χ0n) is 16.0. The molecule has 26 heavy (non-hydrogen) atoms. The van der Waals surface area contributed by atoms with Gasteiger partial charge in [0.15, 0.2) is 0 Å². The molecule has 3 heterocycles. The first-order chi connectivity index (χ1) is 12.6. The molecule has 1 amide bonds.